The SMILES string of the molecule is Nc1cccc2c1SCC(c1nn[nH]n1)S2. The van der Waals surface area contributed by atoms with Crippen molar-refractivity contribution in [2.45, 2.75) is 15.0 Å². The van der Waals surface area contributed by atoms with E-state index in [-0.39, 0.29) is 5.25 Å². The van der Waals surface area contributed by atoms with Crippen LogP contribution in [-0.2, 0) is 0 Å². The van der Waals surface area contributed by atoms with E-state index in [9.17, 15) is 0 Å². The van der Waals surface area contributed by atoms with Crippen LogP contribution in [0, 0.1) is 0 Å². The molecule has 0 saturated heterocycles. The van der Waals surface area contributed by atoms with Crippen molar-refractivity contribution in [3.05, 3.63) is 24.0 Å². The van der Waals surface area contributed by atoms with E-state index < -0.39 is 0 Å². The number of nitrogen functional groups attached to an aromatic ring is 1. The predicted octanol–water partition coefficient (Wildman–Crippen LogP) is 1.72. The van der Waals surface area contributed by atoms with E-state index in [0.717, 1.165) is 17.3 Å². The van der Waals surface area contributed by atoms with E-state index in [1.165, 1.54) is 9.79 Å². The lowest BCUT2D eigenvalue weighted by molar-refractivity contribution is 0.881. The van der Waals surface area contributed by atoms with Crippen molar-refractivity contribution < 1.29 is 0 Å². The molecule has 0 bridgehead atoms. The van der Waals surface area contributed by atoms with Crippen LogP contribution in [0.5, 0.6) is 0 Å². The summed E-state index contributed by atoms with van der Waals surface area (Å²) in [6.45, 7) is 0. The second-order valence-electron chi connectivity index (χ2n) is 3.36. The Bertz CT molecular complexity index is 499. The summed E-state index contributed by atoms with van der Waals surface area (Å²) < 4.78 is 0. The molecule has 16 heavy (non-hydrogen) atoms. The van der Waals surface area contributed by atoms with Gasteiger partial charge in [-0.1, -0.05) is 11.3 Å². The fourth-order valence-corrected chi connectivity index (χ4v) is 4.16. The molecule has 0 spiro atoms. The Kier molecular flexibility index (Phi) is 2.49. The molecule has 1 aliphatic heterocycles. The van der Waals surface area contributed by atoms with Crippen molar-refractivity contribution in [3.8, 4) is 0 Å². The van der Waals surface area contributed by atoms with E-state index in [1.807, 2.05) is 12.1 Å². The van der Waals surface area contributed by atoms with E-state index in [2.05, 4.69) is 26.7 Å². The molecule has 2 aromatic rings. The molecule has 1 unspecified atom stereocenters. The normalized spacial score (nSPS) is 19.4. The molecule has 5 nitrogen and oxygen atoms in total. The van der Waals surface area contributed by atoms with Gasteiger partial charge in [-0.05, 0) is 12.1 Å². The largest absolute Gasteiger partial charge is 0.398 e. The van der Waals surface area contributed by atoms with E-state index in [4.69, 9.17) is 5.73 Å². The van der Waals surface area contributed by atoms with Crippen LogP contribution in [0.15, 0.2) is 28.0 Å². The first-order valence-electron chi connectivity index (χ1n) is 4.76. The van der Waals surface area contributed by atoms with Gasteiger partial charge < -0.3 is 5.73 Å². The van der Waals surface area contributed by atoms with Crippen LogP contribution >= 0.6 is 23.5 Å². The first-order chi connectivity index (χ1) is 7.84. The number of aromatic amines is 1. The maximum absolute atomic E-state index is 5.92. The van der Waals surface area contributed by atoms with Crippen LogP contribution in [0.4, 0.5) is 5.69 Å². The lowest BCUT2D eigenvalue weighted by Gasteiger charge is -2.21. The van der Waals surface area contributed by atoms with Gasteiger partial charge in [0.25, 0.3) is 0 Å². The number of anilines is 1. The number of nitrogens with zero attached hydrogens (tertiary/aromatic N) is 3. The molecular formula is C9H9N5S2. The van der Waals surface area contributed by atoms with Crippen LogP contribution < -0.4 is 5.73 Å². The maximum atomic E-state index is 5.92. The van der Waals surface area contributed by atoms with Crippen molar-refractivity contribution in [2.24, 2.45) is 0 Å². The monoisotopic (exact) mass is 251 g/mol. The number of benzene rings is 1. The molecule has 82 valence electrons. The molecule has 7 heteroatoms. The van der Waals surface area contributed by atoms with Crippen molar-refractivity contribution in [2.75, 3.05) is 11.5 Å². The number of hydrogen-bond acceptors (Lipinski definition) is 6. The molecule has 0 aliphatic carbocycles. The summed E-state index contributed by atoms with van der Waals surface area (Å²) in [5.74, 6) is 1.68. The minimum Gasteiger partial charge on any atom is -0.398 e. The summed E-state index contributed by atoms with van der Waals surface area (Å²) >= 11 is 3.50. The predicted molar refractivity (Wildman–Crippen MR) is 64.4 cm³/mol. The van der Waals surface area contributed by atoms with Crippen LogP contribution in [-0.4, -0.2) is 26.4 Å². The Labute approximate surface area is 101 Å². The van der Waals surface area contributed by atoms with E-state index in [0.29, 0.717) is 0 Å². The van der Waals surface area contributed by atoms with E-state index >= 15 is 0 Å². The molecule has 3 N–H and O–H groups in total. The maximum Gasteiger partial charge on any atom is 0.188 e. The lowest BCUT2D eigenvalue weighted by Crippen LogP contribution is -2.06. The smallest absolute Gasteiger partial charge is 0.188 e. The van der Waals surface area contributed by atoms with Gasteiger partial charge in [-0.15, -0.1) is 33.7 Å². The quantitative estimate of drug-likeness (QED) is 0.751. The Morgan fingerprint density at radius 3 is 3.19 bits per heavy atom. The third-order valence-electron chi connectivity index (χ3n) is 2.31. The molecule has 0 saturated carbocycles. The fraction of sp³-hybridized carbons (Fsp3) is 0.222. The molecule has 2 heterocycles. The van der Waals surface area contributed by atoms with Crippen molar-refractivity contribution >= 4 is 29.2 Å². The number of H-pyrrole nitrogens is 1. The zero-order valence-corrected chi connectivity index (χ0v) is 9.88. The summed E-state index contributed by atoms with van der Waals surface area (Å²) in [6, 6.07) is 5.98. The highest BCUT2D eigenvalue weighted by atomic mass is 32.2. The molecule has 0 fully saturated rings. The standard InChI is InChI=1S/C9H9N5S2/c10-5-2-1-3-6-8(5)15-4-7(16-6)9-11-13-14-12-9/h1-3,7H,4,10H2,(H,11,12,13,14). The van der Waals surface area contributed by atoms with Gasteiger partial charge in [-0.2, -0.15) is 5.21 Å². The first-order valence-corrected chi connectivity index (χ1v) is 6.62. The van der Waals surface area contributed by atoms with Gasteiger partial charge in [0.15, 0.2) is 5.82 Å². The average molecular weight is 251 g/mol. The van der Waals surface area contributed by atoms with Gasteiger partial charge in [0.2, 0.25) is 0 Å². The van der Waals surface area contributed by atoms with E-state index in [1.54, 1.807) is 23.5 Å². The molecule has 1 aromatic heterocycles. The van der Waals surface area contributed by atoms with Crippen LogP contribution in [0.1, 0.15) is 11.1 Å². The second-order valence-corrected chi connectivity index (χ2v) is 5.64. The topological polar surface area (TPSA) is 80.5 Å². The van der Waals surface area contributed by atoms with Gasteiger partial charge in [0, 0.05) is 21.2 Å². The van der Waals surface area contributed by atoms with Gasteiger partial charge >= 0.3 is 0 Å². The lowest BCUT2D eigenvalue weighted by atomic mass is 10.3. The molecule has 0 radical (unpaired) electrons. The van der Waals surface area contributed by atoms with Crippen molar-refractivity contribution in [3.63, 3.8) is 0 Å². The number of fused-ring (bicyclic) bond motifs is 1. The van der Waals surface area contributed by atoms with Crippen molar-refractivity contribution in [1.29, 1.82) is 0 Å². The average Bonchev–Trinajstić information content (AvgIpc) is 2.82. The number of tetrazole rings is 1. The van der Waals surface area contributed by atoms with Gasteiger partial charge in [-0.3, -0.25) is 0 Å². The summed E-state index contributed by atoms with van der Waals surface area (Å²) in [6.07, 6.45) is 0. The summed E-state index contributed by atoms with van der Waals surface area (Å²) in [5, 5.41) is 14.4. The summed E-state index contributed by atoms with van der Waals surface area (Å²) in [5.41, 5.74) is 6.77. The Balaban J connectivity index is 1.92. The minimum absolute atomic E-state index is 0.248. The number of rotatable bonds is 1. The van der Waals surface area contributed by atoms with Crippen LogP contribution in [0.25, 0.3) is 0 Å². The number of hydrogen-bond donors (Lipinski definition) is 2. The molecule has 0 amide bonds. The van der Waals surface area contributed by atoms with Crippen LogP contribution in [0.3, 0.4) is 0 Å². The molecule has 1 atom stereocenters. The summed E-state index contributed by atoms with van der Waals surface area (Å²) in [7, 11) is 0. The third kappa shape index (κ3) is 1.65. The fourth-order valence-electron chi connectivity index (χ4n) is 1.56. The highest BCUT2D eigenvalue weighted by Gasteiger charge is 2.25. The van der Waals surface area contributed by atoms with Gasteiger partial charge in [0.05, 0.1) is 5.25 Å². The number of nitrogens with one attached hydrogen (secondary N) is 1. The molecule has 3 rings (SSSR count). The van der Waals surface area contributed by atoms with Crippen molar-refractivity contribution in [1.82, 2.24) is 20.6 Å². The number of aromatic nitrogens is 4. The summed E-state index contributed by atoms with van der Waals surface area (Å²) in [4.78, 5) is 2.37. The zero-order chi connectivity index (χ0) is 11.0. The first kappa shape index (κ1) is 9.98. The van der Waals surface area contributed by atoms with Crippen LogP contribution in [0.2, 0.25) is 0 Å². The van der Waals surface area contributed by atoms with Gasteiger partial charge in [-0.25, -0.2) is 0 Å². The molecule has 1 aliphatic rings. The number of nitrogens with two attached hydrogens (primary N) is 1. The second kappa shape index (κ2) is 3.99. The third-order valence-corrected chi connectivity index (χ3v) is 5.15. The Morgan fingerprint density at radius 2 is 2.38 bits per heavy atom. The molecular weight excluding hydrogens is 242 g/mol. The highest BCUT2D eigenvalue weighted by molar-refractivity contribution is 8.06. The highest BCUT2D eigenvalue weighted by Crippen LogP contribution is 2.48. The molecule has 1 aromatic carbocycles. The van der Waals surface area contributed by atoms with Gasteiger partial charge in [0.1, 0.15) is 0 Å². The Hall–Kier alpha value is -1.21. The zero-order valence-electron chi connectivity index (χ0n) is 8.25. The Morgan fingerprint density at radius 1 is 1.44 bits per heavy atom. The minimum atomic E-state index is 0.248. The number of thioether (sulfide) groups is 2.